The number of nitrogens with one attached hydrogen (secondary N) is 2. The summed E-state index contributed by atoms with van der Waals surface area (Å²) in [6, 6.07) is 24.6. The highest BCUT2D eigenvalue weighted by Crippen LogP contribution is 2.39. The normalized spacial score (nSPS) is 17.4. The Morgan fingerprint density at radius 3 is 2.63 bits per heavy atom. The van der Waals surface area contributed by atoms with E-state index in [0.717, 1.165) is 42.3 Å². The first-order valence-electron chi connectivity index (χ1n) is 11.5. The molecule has 178 valence electrons. The molecular formula is C27H25ClFN5S. The number of hydrogen-bond acceptors (Lipinski definition) is 3. The van der Waals surface area contributed by atoms with Gasteiger partial charge < -0.3 is 20.1 Å². The van der Waals surface area contributed by atoms with E-state index in [9.17, 15) is 4.39 Å². The minimum absolute atomic E-state index is 0.0901. The van der Waals surface area contributed by atoms with Crippen LogP contribution in [-0.4, -0.2) is 32.7 Å². The van der Waals surface area contributed by atoms with Crippen LogP contribution in [0.2, 0.25) is 5.02 Å². The van der Waals surface area contributed by atoms with Crippen LogP contribution in [0.25, 0.3) is 5.69 Å². The van der Waals surface area contributed by atoms with Gasteiger partial charge in [-0.3, -0.25) is 4.98 Å². The minimum atomic E-state index is -0.438. The number of pyridine rings is 1. The smallest absolute Gasteiger partial charge is 0.170 e. The Morgan fingerprint density at radius 1 is 1.03 bits per heavy atom. The number of aromatic nitrogens is 2. The zero-order chi connectivity index (χ0) is 24.2. The van der Waals surface area contributed by atoms with Gasteiger partial charge in [-0.15, -0.1) is 0 Å². The molecular weight excluding hydrogens is 481 g/mol. The van der Waals surface area contributed by atoms with E-state index in [2.05, 4.69) is 38.7 Å². The van der Waals surface area contributed by atoms with Gasteiger partial charge in [-0.1, -0.05) is 35.9 Å². The Hall–Kier alpha value is -3.42. The largest absolute Gasteiger partial charge is 0.385 e. The van der Waals surface area contributed by atoms with Crippen molar-refractivity contribution < 1.29 is 4.39 Å². The third-order valence-corrected chi connectivity index (χ3v) is 6.78. The van der Waals surface area contributed by atoms with Crippen molar-refractivity contribution in [2.75, 3.05) is 18.4 Å². The van der Waals surface area contributed by atoms with Gasteiger partial charge in [-0.25, -0.2) is 4.39 Å². The molecule has 4 aromatic rings. The second-order valence-corrected chi connectivity index (χ2v) is 9.16. The number of rotatable bonds is 8. The van der Waals surface area contributed by atoms with Gasteiger partial charge in [0.25, 0.3) is 0 Å². The summed E-state index contributed by atoms with van der Waals surface area (Å²) in [5, 5.41) is 7.74. The lowest BCUT2D eigenvalue weighted by atomic mass is 10.0. The monoisotopic (exact) mass is 505 g/mol. The molecule has 1 aliphatic heterocycles. The highest BCUT2D eigenvalue weighted by atomic mass is 35.5. The zero-order valence-corrected chi connectivity index (χ0v) is 20.5. The first-order valence-corrected chi connectivity index (χ1v) is 12.3. The van der Waals surface area contributed by atoms with Crippen LogP contribution in [0.4, 0.5) is 10.1 Å². The van der Waals surface area contributed by atoms with Crippen LogP contribution in [0.5, 0.6) is 0 Å². The fourth-order valence-electron chi connectivity index (χ4n) is 4.51. The average molecular weight is 506 g/mol. The van der Waals surface area contributed by atoms with E-state index >= 15 is 0 Å². The molecule has 0 unspecified atom stereocenters. The summed E-state index contributed by atoms with van der Waals surface area (Å²) in [5.41, 5.74) is 3.82. The summed E-state index contributed by atoms with van der Waals surface area (Å²) in [4.78, 5) is 6.83. The van der Waals surface area contributed by atoms with Crippen molar-refractivity contribution in [3.63, 3.8) is 0 Å². The van der Waals surface area contributed by atoms with E-state index in [1.54, 1.807) is 18.3 Å². The topological polar surface area (TPSA) is 45.1 Å². The van der Waals surface area contributed by atoms with Gasteiger partial charge >= 0.3 is 0 Å². The molecule has 5 nitrogen and oxygen atoms in total. The SMILES string of the molecule is Fc1ccc(-n2cccc2[C@H]2[C@@H](c3ccccn3)NC(=S)N2CCCNc2ccccc2)cc1Cl. The highest BCUT2D eigenvalue weighted by Gasteiger charge is 2.40. The molecule has 0 aliphatic carbocycles. The first kappa shape index (κ1) is 23.3. The Balaban J connectivity index is 1.44. The molecule has 1 aliphatic rings. The lowest BCUT2D eigenvalue weighted by Gasteiger charge is -2.29. The predicted molar refractivity (Wildman–Crippen MR) is 142 cm³/mol. The van der Waals surface area contributed by atoms with Crippen LogP contribution in [0.1, 0.15) is 29.9 Å². The van der Waals surface area contributed by atoms with Crippen molar-refractivity contribution in [3.05, 3.63) is 113 Å². The van der Waals surface area contributed by atoms with Crippen molar-refractivity contribution in [2.45, 2.75) is 18.5 Å². The Labute approximate surface area is 214 Å². The number of para-hydroxylation sites is 1. The summed E-state index contributed by atoms with van der Waals surface area (Å²) >= 11 is 11.9. The molecule has 1 saturated heterocycles. The van der Waals surface area contributed by atoms with Gasteiger partial charge in [0.15, 0.2) is 5.11 Å². The maximum absolute atomic E-state index is 13.8. The molecule has 2 aromatic heterocycles. The lowest BCUT2D eigenvalue weighted by molar-refractivity contribution is 0.307. The van der Waals surface area contributed by atoms with Crippen molar-refractivity contribution in [1.29, 1.82) is 0 Å². The quantitative estimate of drug-likeness (QED) is 0.222. The molecule has 5 rings (SSSR count). The Bertz CT molecular complexity index is 1300. The molecule has 0 amide bonds. The summed E-state index contributed by atoms with van der Waals surface area (Å²) in [7, 11) is 0. The second kappa shape index (κ2) is 10.5. The summed E-state index contributed by atoms with van der Waals surface area (Å²) in [6.07, 6.45) is 4.65. The number of nitrogens with zero attached hydrogens (tertiary/aromatic N) is 3. The molecule has 8 heteroatoms. The highest BCUT2D eigenvalue weighted by molar-refractivity contribution is 7.80. The molecule has 2 aromatic carbocycles. The number of benzene rings is 2. The molecule has 2 atom stereocenters. The van der Waals surface area contributed by atoms with Gasteiger partial charge in [-0.05, 0) is 73.2 Å². The van der Waals surface area contributed by atoms with Crippen LogP contribution < -0.4 is 10.6 Å². The van der Waals surface area contributed by atoms with E-state index < -0.39 is 5.82 Å². The van der Waals surface area contributed by atoms with E-state index in [0.29, 0.717) is 5.11 Å². The van der Waals surface area contributed by atoms with E-state index in [1.807, 2.05) is 53.2 Å². The molecule has 0 spiro atoms. The van der Waals surface area contributed by atoms with E-state index in [1.165, 1.54) is 6.07 Å². The molecule has 1 fully saturated rings. The zero-order valence-electron chi connectivity index (χ0n) is 18.9. The first-order chi connectivity index (χ1) is 17.1. The third-order valence-electron chi connectivity index (χ3n) is 6.14. The van der Waals surface area contributed by atoms with Gasteiger partial charge in [-0.2, -0.15) is 0 Å². The van der Waals surface area contributed by atoms with Gasteiger partial charge in [0.05, 0.1) is 22.8 Å². The fourth-order valence-corrected chi connectivity index (χ4v) is 5.02. The summed E-state index contributed by atoms with van der Waals surface area (Å²) in [5.74, 6) is -0.438. The minimum Gasteiger partial charge on any atom is -0.385 e. The van der Waals surface area contributed by atoms with Crippen LogP contribution in [0, 0.1) is 5.82 Å². The van der Waals surface area contributed by atoms with Crippen molar-refractivity contribution in [3.8, 4) is 5.69 Å². The second-order valence-electron chi connectivity index (χ2n) is 8.37. The number of hydrogen-bond donors (Lipinski definition) is 2. The number of thiocarbonyl (C=S) groups is 1. The Morgan fingerprint density at radius 2 is 1.86 bits per heavy atom. The van der Waals surface area contributed by atoms with Crippen LogP contribution >= 0.6 is 23.8 Å². The van der Waals surface area contributed by atoms with Crippen molar-refractivity contribution in [1.82, 2.24) is 19.8 Å². The molecule has 0 radical (unpaired) electrons. The Kier molecular flexibility index (Phi) is 6.97. The maximum atomic E-state index is 13.8. The molecule has 2 N–H and O–H groups in total. The summed E-state index contributed by atoms with van der Waals surface area (Å²) in [6.45, 7) is 1.58. The summed E-state index contributed by atoms with van der Waals surface area (Å²) < 4.78 is 15.9. The number of anilines is 1. The van der Waals surface area contributed by atoms with Crippen molar-refractivity contribution >= 4 is 34.6 Å². The molecule has 0 bridgehead atoms. The lowest BCUT2D eigenvalue weighted by Crippen LogP contribution is -2.32. The fraction of sp³-hybridized carbons (Fsp3) is 0.185. The standard InChI is InChI=1S/C27H25ClFN5S/c28-21-18-20(12-13-22(21)29)33-16-6-11-24(33)26-25(23-10-4-5-14-31-23)32-27(35)34(26)17-7-15-30-19-8-2-1-3-9-19/h1-6,8-14,16,18,25-26,30H,7,15,17H2,(H,32,35)/t25-,26+/m1/s1. The predicted octanol–water partition coefficient (Wildman–Crippen LogP) is 6.14. The average Bonchev–Trinajstić information content (AvgIpc) is 3.49. The van der Waals surface area contributed by atoms with E-state index in [4.69, 9.17) is 23.8 Å². The van der Waals surface area contributed by atoms with Gasteiger partial charge in [0, 0.05) is 42.6 Å². The van der Waals surface area contributed by atoms with Crippen LogP contribution in [0.3, 0.4) is 0 Å². The van der Waals surface area contributed by atoms with Crippen LogP contribution in [0.15, 0.2) is 91.3 Å². The van der Waals surface area contributed by atoms with Gasteiger partial charge in [0.1, 0.15) is 5.82 Å². The number of halogens is 2. The molecule has 3 heterocycles. The maximum Gasteiger partial charge on any atom is 0.170 e. The van der Waals surface area contributed by atoms with Crippen molar-refractivity contribution in [2.24, 2.45) is 0 Å². The van der Waals surface area contributed by atoms with E-state index in [-0.39, 0.29) is 17.1 Å². The third kappa shape index (κ3) is 5.01. The molecule has 0 saturated carbocycles. The van der Waals surface area contributed by atoms with Gasteiger partial charge in [0.2, 0.25) is 0 Å². The molecule has 35 heavy (non-hydrogen) atoms. The van der Waals surface area contributed by atoms with Crippen LogP contribution in [-0.2, 0) is 0 Å².